The van der Waals surface area contributed by atoms with Crippen LogP contribution in [0.3, 0.4) is 0 Å². The van der Waals surface area contributed by atoms with E-state index >= 15 is 0 Å². The molecule has 15 heavy (non-hydrogen) atoms. The number of anilines is 2. The van der Waals surface area contributed by atoms with Crippen molar-refractivity contribution in [2.75, 3.05) is 36.3 Å². The lowest BCUT2D eigenvalue weighted by atomic mass is 10.2. The van der Waals surface area contributed by atoms with Crippen molar-refractivity contribution in [3.63, 3.8) is 0 Å². The van der Waals surface area contributed by atoms with Crippen molar-refractivity contribution in [1.29, 1.82) is 0 Å². The molecule has 0 bridgehead atoms. The van der Waals surface area contributed by atoms with Crippen LogP contribution in [0.4, 0.5) is 11.4 Å². The van der Waals surface area contributed by atoms with Gasteiger partial charge in [-0.05, 0) is 12.1 Å². The van der Waals surface area contributed by atoms with Crippen LogP contribution in [0.1, 0.15) is 0 Å². The first-order valence-corrected chi connectivity index (χ1v) is 5.00. The standard InChI is InChI=1S/C10H14N3O2/c14-13(15)10-4-2-1-3-9(10)12-7-5-11-6-8-12/h1-4,11,14H,5-8H2/q-1. The number of hydrogen-bond donors (Lipinski definition) is 2. The molecule has 0 aromatic heterocycles. The lowest BCUT2D eigenvalue weighted by Gasteiger charge is -2.34. The minimum absolute atomic E-state index is 0.0721. The van der Waals surface area contributed by atoms with Crippen molar-refractivity contribution in [2.45, 2.75) is 0 Å². The Labute approximate surface area is 88.5 Å². The predicted octanol–water partition coefficient (Wildman–Crippen LogP) is 0.790. The van der Waals surface area contributed by atoms with Gasteiger partial charge in [0, 0.05) is 26.2 Å². The van der Waals surface area contributed by atoms with Gasteiger partial charge in [0.2, 0.25) is 0 Å². The molecule has 1 fully saturated rings. The maximum Gasteiger partial charge on any atom is 0.0743 e. The number of para-hydroxylation sites is 2. The van der Waals surface area contributed by atoms with E-state index in [4.69, 9.17) is 5.21 Å². The fraction of sp³-hybridized carbons (Fsp3) is 0.400. The van der Waals surface area contributed by atoms with Crippen LogP contribution in [0.15, 0.2) is 24.3 Å². The number of benzene rings is 1. The van der Waals surface area contributed by atoms with E-state index in [1.807, 2.05) is 12.1 Å². The molecule has 1 aromatic carbocycles. The van der Waals surface area contributed by atoms with E-state index in [2.05, 4.69) is 10.2 Å². The number of hydrogen-bond acceptors (Lipinski definition) is 5. The van der Waals surface area contributed by atoms with Gasteiger partial charge in [-0.3, -0.25) is 5.21 Å². The smallest absolute Gasteiger partial charge is 0.0743 e. The average Bonchev–Trinajstić information content (AvgIpc) is 2.30. The Morgan fingerprint density at radius 2 is 1.93 bits per heavy atom. The van der Waals surface area contributed by atoms with Crippen LogP contribution < -0.4 is 15.4 Å². The third-order valence-electron chi connectivity index (χ3n) is 2.55. The van der Waals surface area contributed by atoms with E-state index in [1.165, 1.54) is 0 Å². The molecule has 1 heterocycles. The quantitative estimate of drug-likeness (QED) is 0.703. The van der Waals surface area contributed by atoms with E-state index in [0.717, 1.165) is 31.9 Å². The number of piperazine rings is 1. The molecule has 1 aromatic rings. The van der Waals surface area contributed by atoms with Crippen LogP contribution in [0, 0.1) is 5.21 Å². The molecule has 1 aliphatic rings. The zero-order valence-corrected chi connectivity index (χ0v) is 8.39. The molecule has 0 atom stereocenters. The molecular formula is C10H14N3O2-. The summed E-state index contributed by atoms with van der Waals surface area (Å²) in [6, 6.07) is 7.07. The van der Waals surface area contributed by atoms with Gasteiger partial charge >= 0.3 is 0 Å². The molecule has 0 aliphatic carbocycles. The second kappa shape index (κ2) is 4.48. The summed E-state index contributed by atoms with van der Waals surface area (Å²) in [6.45, 7) is 3.51. The van der Waals surface area contributed by atoms with Crippen LogP contribution in [0.5, 0.6) is 0 Å². The van der Waals surface area contributed by atoms with Gasteiger partial charge in [-0.25, -0.2) is 0 Å². The van der Waals surface area contributed by atoms with Gasteiger partial charge in [0.1, 0.15) is 0 Å². The number of nitrogens with zero attached hydrogens (tertiary/aromatic N) is 2. The minimum Gasteiger partial charge on any atom is -0.733 e. The molecule has 2 rings (SSSR count). The second-order valence-electron chi connectivity index (χ2n) is 3.50. The van der Waals surface area contributed by atoms with Gasteiger partial charge in [0.15, 0.2) is 0 Å². The summed E-state index contributed by atoms with van der Waals surface area (Å²) in [7, 11) is 0. The molecule has 5 heteroatoms. The summed E-state index contributed by atoms with van der Waals surface area (Å²) in [6.07, 6.45) is 0. The molecule has 2 N–H and O–H groups in total. The summed E-state index contributed by atoms with van der Waals surface area (Å²) in [5.41, 5.74) is 1.09. The lowest BCUT2D eigenvalue weighted by Crippen LogP contribution is -2.43. The highest BCUT2D eigenvalue weighted by molar-refractivity contribution is 5.70. The predicted molar refractivity (Wildman–Crippen MR) is 59.2 cm³/mol. The minimum atomic E-state index is -0.0721. The largest absolute Gasteiger partial charge is 0.733 e. The van der Waals surface area contributed by atoms with Crippen molar-refractivity contribution >= 4 is 11.4 Å². The summed E-state index contributed by atoms with van der Waals surface area (Å²) >= 11 is 0. The lowest BCUT2D eigenvalue weighted by molar-refractivity contribution is 0.296. The Balaban J connectivity index is 2.25. The van der Waals surface area contributed by atoms with Gasteiger partial charge in [0.25, 0.3) is 0 Å². The molecule has 0 saturated carbocycles. The van der Waals surface area contributed by atoms with E-state index in [-0.39, 0.29) is 5.23 Å². The molecule has 1 saturated heterocycles. The summed E-state index contributed by atoms with van der Waals surface area (Å²) < 4.78 is 0. The Kier molecular flexibility index (Phi) is 3.05. The van der Waals surface area contributed by atoms with Gasteiger partial charge in [-0.2, -0.15) is 0 Å². The van der Waals surface area contributed by atoms with Crippen LogP contribution in [0.2, 0.25) is 0 Å². The molecular weight excluding hydrogens is 194 g/mol. The molecule has 0 amide bonds. The van der Waals surface area contributed by atoms with Crippen LogP contribution in [-0.2, 0) is 0 Å². The number of rotatable bonds is 2. The highest BCUT2D eigenvalue weighted by atomic mass is 16.8. The molecule has 0 spiro atoms. The molecule has 5 nitrogen and oxygen atoms in total. The maximum atomic E-state index is 10.9. The number of nitrogens with one attached hydrogen (secondary N) is 1. The molecule has 82 valence electrons. The van der Waals surface area contributed by atoms with Gasteiger partial charge in [0.05, 0.1) is 11.4 Å². The normalized spacial score (nSPS) is 16.5. The van der Waals surface area contributed by atoms with Gasteiger partial charge in [-0.15, -0.1) is 0 Å². The zero-order valence-electron chi connectivity index (χ0n) is 8.39. The van der Waals surface area contributed by atoms with E-state index < -0.39 is 0 Å². The molecule has 1 aliphatic heterocycles. The Morgan fingerprint density at radius 1 is 1.27 bits per heavy atom. The second-order valence-corrected chi connectivity index (χ2v) is 3.50. The molecule has 0 radical (unpaired) electrons. The summed E-state index contributed by atoms with van der Waals surface area (Å²) in [5, 5.41) is 23.1. The van der Waals surface area contributed by atoms with Gasteiger partial charge in [-0.1, -0.05) is 12.1 Å². The van der Waals surface area contributed by atoms with Crippen LogP contribution in [0.25, 0.3) is 0 Å². The van der Waals surface area contributed by atoms with E-state index in [1.54, 1.807) is 12.1 Å². The van der Waals surface area contributed by atoms with Crippen LogP contribution in [-0.4, -0.2) is 31.4 Å². The fourth-order valence-electron chi connectivity index (χ4n) is 1.80. The van der Waals surface area contributed by atoms with Gasteiger partial charge < -0.3 is 20.7 Å². The Hall–Kier alpha value is -1.30. The van der Waals surface area contributed by atoms with Crippen molar-refractivity contribution in [2.24, 2.45) is 0 Å². The Morgan fingerprint density at radius 3 is 2.60 bits per heavy atom. The first-order chi connectivity index (χ1) is 7.29. The van der Waals surface area contributed by atoms with E-state index in [0.29, 0.717) is 5.69 Å². The zero-order chi connectivity index (χ0) is 10.7. The van der Waals surface area contributed by atoms with Crippen molar-refractivity contribution in [3.05, 3.63) is 29.5 Å². The highest BCUT2D eigenvalue weighted by Crippen LogP contribution is 2.27. The third kappa shape index (κ3) is 2.20. The van der Waals surface area contributed by atoms with Crippen LogP contribution >= 0.6 is 0 Å². The highest BCUT2D eigenvalue weighted by Gasteiger charge is 2.13. The monoisotopic (exact) mass is 208 g/mol. The topological polar surface area (TPSA) is 61.8 Å². The maximum absolute atomic E-state index is 10.9. The Bertz CT molecular complexity index is 324. The van der Waals surface area contributed by atoms with E-state index in [9.17, 15) is 5.21 Å². The fourth-order valence-corrected chi connectivity index (χ4v) is 1.80. The SMILES string of the molecule is [O-]N(O)c1ccccc1N1CCNCC1. The summed E-state index contributed by atoms with van der Waals surface area (Å²) in [4.78, 5) is 2.09. The van der Waals surface area contributed by atoms with Crippen molar-refractivity contribution in [1.82, 2.24) is 5.32 Å². The summed E-state index contributed by atoms with van der Waals surface area (Å²) in [5.74, 6) is 0. The first-order valence-electron chi connectivity index (χ1n) is 5.00. The molecule has 0 unspecified atom stereocenters. The average molecular weight is 208 g/mol. The van der Waals surface area contributed by atoms with Crippen molar-refractivity contribution in [3.8, 4) is 0 Å². The first kappa shape index (κ1) is 10.2. The van der Waals surface area contributed by atoms with Crippen molar-refractivity contribution < 1.29 is 5.21 Å². The third-order valence-corrected chi connectivity index (χ3v) is 2.55.